The van der Waals surface area contributed by atoms with Crippen LogP contribution in [0.15, 0.2) is 158 Å². The molecule has 290 valence electrons. The second kappa shape index (κ2) is 16.7. The van der Waals surface area contributed by atoms with Gasteiger partial charge in [0.15, 0.2) is 24.0 Å². The fourth-order valence-corrected chi connectivity index (χ4v) is 7.46. The molecule has 0 fully saturated rings. The number of carbonyl (C=O) groups excluding carboxylic acids is 4. The van der Waals surface area contributed by atoms with Gasteiger partial charge in [-0.25, -0.2) is 9.59 Å². The maximum atomic E-state index is 13.4. The lowest BCUT2D eigenvalue weighted by Gasteiger charge is -2.39. The summed E-state index contributed by atoms with van der Waals surface area (Å²) in [6.45, 7) is 0.696. The van der Waals surface area contributed by atoms with Gasteiger partial charge < -0.3 is 18.9 Å². The molecule has 58 heavy (non-hydrogen) atoms. The van der Waals surface area contributed by atoms with Crippen molar-refractivity contribution in [3.05, 3.63) is 202 Å². The average molecular weight is 773 g/mol. The fraction of sp³-hybridized carbons (Fsp3) is 0.167. The van der Waals surface area contributed by atoms with Crippen LogP contribution in [0.5, 0.6) is 11.5 Å². The zero-order valence-corrected chi connectivity index (χ0v) is 31.9. The minimum absolute atomic E-state index is 0.0763. The molecule has 0 bridgehead atoms. The summed E-state index contributed by atoms with van der Waals surface area (Å²) in [5, 5.41) is 0. The first-order valence-electron chi connectivity index (χ1n) is 19.0. The highest BCUT2D eigenvalue weighted by Crippen LogP contribution is 2.39. The zero-order valence-electron chi connectivity index (χ0n) is 31.9. The van der Waals surface area contributed by atoms with Gasteiger partial charge in [0.25, 0.3) is 0 Å². The standard InChI is InChI=1S/C48H40N2O8/c1-49-29-41(55-35-25-21-33(22-26-35)43(51)31-13-5-3-6-14-31)37-17-9-11-19-39(37)45(49)57-47(53)48(54)58-46-40-20-12-10-18-38(40)42(30-50(46)2)56-36-27-23-34(24-28-36)44(52)32-15-7-4-8-16-32/h3-28,41-42,45-46H,29-30H2,1-2H3. The Morgan fingerprint density at radius 2 is 0.724 bits per heavy atom. The van der Waals surface area contributed by atoms with E-state index in [4.69, 9.17) is 18.9 Å². The maximum absolute atomic E-state index is 13.4. The first-order valence-corrected chi connectivity index (χ1v) is 19.0. The van der Waals surface area contributed by atoms with E-state index in [1.165, 1.54) is 0 Å². The molecule has 10 nitrogen and oxygen atoms in total. The summed E-state index contributed by atoms with van der Waals surface area (Å²) in [7, 11) is 3.58. The van der Waals surface area contributed by atoms with Crippen molar-refractivity contribution in [2.75, 3.05) is 27.2 Å². The minimum Gasteiger partial charge on any atom is -0.484 e. The van der Waals surface area contributed by atoms with Crippen LogP contribution in [0.3, 0.4) is 0 Å². The van der Waals surface area contributed by atoms with E-state index in [1.54, 1.807) is 96.7 Å². The lowest BCUT2D eigenvalue weighted by molar-refractivity contribution is -0.187. The molecule has 0 radical (unpaired) electrons. The molecule has 6 aromatic carbocycles. The Morgan fingerprint density at radius 3 is 1.09 bits per heavy atom. The smallest absolute Gasteiger partial charge is 0.419 e. The number of nitrogens with zero attached hydrogens (tertiary/aromatic N) is 2. The van der Waals surface area contributed by atoms with Gasteiger partial charge in [0.2, 0.25) is 0 Å². The number of likely N-dealkylation sites (N-methyl/N-ethyl adjacent to an activating group) is 2. The van der Waals surface area contributed by atoms with Gasteiger partial charge in [0.1, 0.15) is 23.7 Å². The third kappa shape index (κ3) is 8.02. The van der Waals surface area contributed by atoms with Crippen molar-refractivity contribution in [2.45, 2.75) is 24.7 Å². The zero-order chi connectivity index (χ0) is 40.2. The van der Waals surface area contributed by atoms with Gasteiger partial charge in [-0.15, -0.1) is 0 Å². The molecule has 6 aromatic rings. The monoisotopic (exact) mass is 772 g/mol. The highest BCUT2D eigenvalue weighted by molar-refractivity contribution is 6.29. The van der Waals surface area contributed by atoms with Crippen LogP contribution in [0, 0.1) is 0 Å². The van der Waals surface area contributed by atoms with Crippen LogP contribution in [0.2, 0.25) is 0 Å². The van der Waals surface area contributed by atoms with Crippen LogP contribution < -0.4 is 9.47 Å². The lowest BCUT2D eigenvalue weighted by Crippen LogP contribution is -2.42. The second-order valence-corrected chi connectivity index (χ2v) is 14.3. The minimum atomic E-state index is -1.13. The highest BCUT2D eigenvalue weighted by atomic mass is 16.6. The van der Waals surface area contributed by atoms with Crippen molar-refractivity contribution in [3.63, 3.8) is 0 Å². The SMILES string of the molecule is CN1CC(Oc2ccc(C(=O)c3ccccc3)cc2)c2ccccc2C1OC(=O)C(=O)OC1c2ccccc2C(Oc2ccc(C(=O)c3ccccc3)cc2)CN1C. The third-order valence-corrected chi connectivity index (χ3v) is 10.4. The maximum Gasteiger partial charge on any atom is 0.419 e. The first-order chi connectivity index (χ1) is 28.2. The Morgan fingerprint density at radius 1 is 0.414 bits per heavy atom. The number of ether oxygens (including phenoxy) is 4. The van der Waals surface area contributed by atoms with E-state index < -0.39 is 36.6 Å². The molecule has 8 rings (SSSR count). The molecule has 0 saturated heterocycles. The Kier molecular flexibility index (Phi) is 10.9. The van der Waals surface area contributed by atoms with Crippen LogP contribution in [-0.4, -0.2) is 60.5 Å². The number of fused-ring (bicyclic) bond motifs is 2. The van der Waals surface area contributed by atoms with E-state index in [0.29, 0.717) is 58.0 Å². The summed E-state index contributed by atoms with van der Waals surface area (Å²) >= 11 is 0. The summed E-state index contributed by atoms with van der Waals surface area (Å²) < 4.78 is 24.5. The van der Waals surface area contributed by atoms with E-state index >= 15 is 0 Å². The third-order valence-electron chi connectivity index (χ3n) is 10.4. The molecule has 2 aliphatic rings. The molecule has 0 aromatic heterocycles. The molecular weight excluding hydrogens is 733 g/mol. The van der Waals surface area contributed by atoms with Crippen molar-refractivity contribution in [1.82, 2.24) is 9.80 Å². The van der Waals surface area contributed by atoms with Crippen molar-refractivity contribution in [1.29, 1.82) is 0 Å². The lowest BCUT2D eigenvalue weighted by atomic mass is 9.96. The van der Waals surface area contributed by atoms with Crippen LogP contribution in [0.25, 0.3) is 0 Å². The van der Waals surface area contributed by atoms with Gasteiger partial charge in [0.05, 0.1) is 0 Å². The fourth-order valence-electron chi connectivity index (χ4n) is 7.46. The van der Waals surface area contributed by atoms with Crippen LogP contribution >= 0.6 is 0 Å². The van der Waals surface area contributed by atoms with Gasteiger partial charge in [-0.3, -0.25) is 19.4 Å². The molecule has 10 heteroatoms. The van der Waals surface area contributed by atoms with Crippen molar-refractivity contribution < 1.29 is 38.1 Å². The molecule has 2 aliphatic heterocycles. The molecule has 4 unspecified atom stereocenters. The summed E-state index contributed by atoms with van der Waals surface area (Å²) in [4.78, 5) is 56.3. The van der Waals surface area contributed by atoms with Gasteiger partial charge in [-0.2, -0.15) is 0 Å². The predicted octanol–water partition coefficient (Wildman–Crippen LogP) is 8.06. The summed E-state index contributed by atoms with van der Waals surface area (Å²) in [5.41, 5.74) is 5.28. The number of carbonyl (C=O) groups is 4. The number of hydrogen-bond acceptors (Lipinski definition) is 10. The van der Waals surface area contributed by atoms with E-state index in [9.17, 15) is 19.2 Å². The largest absolute Gasteiger partial charge is 0.484 e. The van der Waals surface area contributed by atoms with Crippen molar-refractivity contribution in [2.24, 2.45) is 0 Å². The Bertz CT molecular complexity index is 2260. The van der Waals surface area contributed by atoms with E-state index in [1.807, 2.05) is 84.9 Å². The Labute approximate surface area is 336 Å². The number of rotatable bonds is 10. The molecular formula is C48H40N2O8. The van der Waals surface area contributed by atoms with E-state index in [-0.39, 0.29) is 11.6 Å². The summed E-state index contributed by atoms with van der Waals surface area (Å²) in [6.07, 6.45) is -2.58. The van der Waals surface area contributed by atoms with Crippen LogP contribution in [0.4, 0.5) is 0 Å². The summed E-state index contributed by atoms with van der Waals surface area (Å²) in [5.74, 6) is -1.25. The first kappa shape index (κ1) is 38.0. The molecule has 0 aliphatic carbocycles. The Hall–Kier alpha value is -6.88. The number of hydrogen-bond donors (Lipinski definition) is 0. The topological polar surface area (TPSA) is 112 Å². The van der Waals surface area contributed by atoms with E-state index in [2.05, 4.69) is 0 Å². The van der Waals surface area contributed by atoms with Crippen molar-refractivity contribution >= 4 is 23.5 Å². The molecule has 0 amide bonds. The average Bonchev–Trinajstić information content (AvgIpc) is 3.26. The molecule has 0 spiro atoms. The number of benzene rings is 6. The molecule has 0 N–H and O–H groups in total. The quantitative estimate of drug-likeness (QED) is 0.0770. The molecule has 4 atom stereocenters. The highest BCUT2D eigenvalue weighted by Gasteiger charge is 2.39. The normalized spacial score (nSPS) is 18.9. The van der Waals surface area contributed by atoms with Crippen molar-refractivity contribution in [3.8, 4) is 11.5 Å². The number of esters is 2. The summed E-state index contributed by atoms with van der Waals surface area (Å²) in [6, 6.07) is 47.1. The van der Waals surface area contributed by atoms with Crippen LogP contribution in [0.1, 0.15) is 78.8 Å². The van der Waals surface area contributed by atoms with Crippen LogP contribution in [-0.2, 0) is 19.1 Å². The van der Waals surface area contributed by atoms with Gasteiger partial charge in [-0.1, -0.05) is 109 Å². The predicted molar refractivity (Wildman–Crippen MR) is 215 cm³/mol. The van der Waals surface area contributed by atoms with E-state index in [0.717, 1.165) is 11.1 Å². The molecule has 2 heterocycles. The van der Waals surface area contributed by atoms with Gasteiger partial charge >= 0.3 is 11.9 Å². The number of ketones is 2. The van der Waals surface area contributed by atoms with Gasteiger partial charge in [0, 0.05) is 57.6 Å². The second-order valence-electron chi connectivity index (χ2n) is 14.3. The Balaban J connectivity index is 0.917. The molecule has 0 saturated carbocycles. The van der Waals surface area contributed by atoms with Gasteiger partial charge in [-0.05, 0) is 62.6 Å².